The minimum atomic E-state index is -0.649. The first-order chi connectivity index (χ1) is 9.49. The fourth-order valence-corrected chi connectivity index (χ4v) is 1.70. The molecular weight excluding hydrogens is 258 g/mol. The van der Waals surface area contributed by atoms with E-state index in [1.54, 1.807) is 38.3 Å². The Morgan fingerprint density at radius 3 is 2.25 bits per heavy atom. The molecule has 20 heavy (non-hydrogen) atoms. The molecule has 1 aromatic carbocycles. The Labute approximate surface area is 119 Å². The molecule has 0 saturated carbocycles. The minimum Gasteiger partial charge on any atom is -0.497 e. The van der Waals surface area contributed by atoms with Crippen LogP contribution < -0.4 is 10.1 Å². The van der Waals surface area contributed by atoms with Gasteiger partial charge in [-0.15, -0.1) is 0 Å². The van der Waals surface area contributed by atoms with Crippen molar-refractivity contribution < 1.29 is 19.1 Å². The van der Waals surface area contributed by atoms with Gasteiger partial charge < -0.3 is 14.8 Å². The summed E-state index contributed by atoms with van der Waals surface area (Å²) in [6.45, 7) is 5.74. The summed E-state index contributed by atoms with van der Waals surface area (Å²) in [5.41, 5.74) is 0.473. The summed E-state index contributed by atoms with van der Waals surface area (Å²) >= 11 is 0. The number of amides is 1. The highest BCUT2D eigenvalue weighted by Gasteiger charge is 2.25. The predicted molar refractivity (Wildman–Crippen MR) is 75.7 cm³/mol. The van der Waals surface area contributed by atoms with Crippen molar-refractivity contribution in [1.29, 1.82) is 0 Å². The summed E-state index contributed by atoms with van der Waals surface area (Å²) in [5.74, 6) is -0.0904. The van der Waals surface area contributed by atoms with Gasteiger partial charge in [0.1, 0.15) is 11.8 Å². The van der Waals surface area contributed by atoms with Crippen molar-refractivity contribution in [3.8, 4) is 5.75 Å². The summed E-state index contributed by atoms with van der Waals surface area (Å²) in [4.78, 5) is 23.9. The van der Waals surface area contributed by atoms with Crippen molar-refractivity contribution in [2.75, 3.05) is 13.7 Å². The largest absolute Gasteiger partial charge is 0.497 e. The second-order valence-electron chi connectivity index (χ2n) is 4.68. The van der Waals surface area contributed by atoms with Crippen LogP contribution in [0.2, 0.25) is 0 Å². The van der Waals surface area contributed by atoms with Crippen LogP contribution in [0.1, 0.15) is 31.1 Å². The van der Waals surface area contributed by atoms with E-state index in [2.05, 4.69) is 5.32 Å². The lowest BCUT2D eigenvalue weighted by Gasteiger charge is -2.20. The molecule has 110 valence electrons. The lowest BCUT2D eigenvalue weighted by Crippen LogP contribution is -2.45. The molecule has 0 aliphatic rings. The number of benzene rings is 1. The first-order valence-electron chi connectivity index (χ1n) is 6.61. The second kappa shape index (κ2) is 7.53. The lowest BCUT2D eigenvalue weighted by atomic mass is 10.0. The van der Waals surface area contributed by atoms with E-state index in [9.17, 15) is 9.59 Å². The van der Waals surface area contributed by atoms with E-state index in [1.165, 1.54) is 0 Å². The van der Waals surface area contributed by atoms with Crippen LogP contribution in [0.25, 0.3) is 0 Å². The van der Waals surface area contributed by atoms with Crippen molar-refractivity contribution in [1.82, 2.24) is 5.32 Å². The number of esters is 1. The Morgan fingerprint density at radius 1 is 1.20 bits per heavy atom. The van der Waals surface area contributed by atoms with E-state index in [4.69, 9.17) is 9.47 Å². The quantitative estimate of drug-likeness (QED) is 0.809. The molecule has 0 radical (unpaired) electrons. The first kappa shape index (κ1) is 16.0. The van der Waals surface area contributed by atoms with Crippen LogP contribution in [0.3, 0.4) is 0 Å². The fraction of sp³-hybridized carbons (Fsp3) is 0.467. The van der Waals surface area contributed by atoms with Gasteiger partial charge >= 0.3 is 5.97 Å². The zero-order valence-electron chi connectivity index (χ0n) is 12.3. The van der Waals surface area contributed by atoms with E-state index in [0.29, 0.717) is 17.9 Å². The van der Waals surface area contributed by atoms with Gasteiger partial charge in [0.25, 0.3) is 5.91 Å². The van der Waals surface area contributed by atoms with Crippen LogP contribution >= 0.6 is 0 Å². The van der Waals surface area contributed by atoms with E-state index < -0.39 is 12.0 Å². The molecule has 0 aliphatic carbocycles. The molecular formula is C15H21NO4. The van der Waals surface area contributed by atoms with Crippen molar-refractivity contribution >= 4 is 11.9 Å². The average molecular weight is 279 g/mol. The molecule has 0 unspecified atom stereocenters. The third-order valence-corrected chi connectivity index (χ3v) is 2.85. The van der Waals surface area contributed by atoms with Crippen LogP contribution in [0, 0.1) is 5.92 Å². The van der Waals surface area contributed by atoms with Gasteiger partial charge in [0.15, 0.2) is 0 Å². The number of methoxy groups -OCH3 is 1. The molecule has 0 aromatic heterocycles. The molecule has 0 fully saturated rings. The van der Waals surface area contributed by atoms with Crippen molar-refractivity contribution in [3.63, 3.8) is 0 Å². The molecule has 5 heteroatoms. The summed E-state index contributed by atoms with van der Waals surface area (Å²) < 4.78 is 10.00. The summed E-state index contributed by atoms with van der Waals surface area (Å²) in [5, 5.41) is 2.70. The SMILES string of the molecule is CCOC(=O)[C@@H](NC(=O)c1ccc(OC)cc1)C(C)C. The zero-order valence-corrected chi connectivity index (χ0v) is 12.3. The molecule has 1 aromatic rings. The highest BCUT2D eigenvalue weighted by atomic mass is 16.5. The molecule has 1 N–H and O–H groups in total. The standard InChI is InChI=1S/C15H21NO4/c1-5-20-15(18)13(10(2)3)16-14(17)11-6-8-12(19-4)9-7-11/h6-10,13H,5H2,1-4H3,(H,16,17)/t13-/m0/s1. The van der Waals surface area contributed by atoms with Crippen molar-refractivity contribution in [3.05, 3.63) is 29.8 Å². The monoisotopic (exact) mass is 279 g/mol. The number of hydrogen-bond donors (Lipinski definition) is 1. The fourth-order valence-electron chi connectivity index (χ4n) is 1.70. The van der Waals surface area contributed by atoms with Gasteiger partial charge in [-0.3, -0.25) is 4.79 Å². The van der Waals surface area contributed by atoms with Gasteiger partial charge in [-0.1, -0.05) is 13.8 Å². The van der Waals surface area contributed by atoms with Gasteiger partial charge in [0, 0.05) is 5.56 Å². The van der Waals surface area contributed by atoms with E-state index >= 15 is 0 Å². The molecule has 0 heterocycles. The number of hydrogen-bond acceptors (Lipinski definition) is 4. The maximum absolute atomic E-state index is 12.1. The molecule has 5 nitrogen and oxygen atoms in total. The minimum absolute atomic E-state index is 0.0451. The Bertz CT molecular complexity index is 453. The number of carbonyl (C=O) groups excluding carboxylic acids is 2. The Morgan fingerprint density at radius 2 is 1.80 bits per heavy atom. The predicted octanol–water partition coefficient (Wildman–Crippen LogP) is 2.01. The van der Waals surface area contributed by atoms with Crippen LogP contribution in [-0.4, -0.2) is 31.6 Å². The van der Waals surface area contributed by atoms with Gasteiger partial charge in [-0.2, -0.15) is 0 Å². The zero-order chi connectivity index (χ0) is 15.1. The topological polar surface area (TPSA) is 64.6 Å². The van der Waals surface area contributed by atoms with E-state index in [-0.39, 0.29) is 11.8 Å². The highest BCUT2D eigenvalue weighted by molar-refractivity contribution is 5.96. The number of nitrogens with one attached hydrogen (secondary N) is 1. The van der Waals surface area contributed by atoms with E-state index in [1.807, 2.05) is 13.8 Å². The molecule has 1 atom stereocenters. The van der Waals surface area contributed by atoms with Crippen molar-refractivity contribution in [2.45, 2.75) is 26.8 Å². The Kier molecular flexibility index (Phi) is 6.03. The van der Waals surface area contributed by atoms with E-state index in [0.717, 1.165) is 0 Å². The van der Waals surface area contributed by atoms with Crippen LogP contribution in [0.5, 0.6) is 5.75 Å². The molecule has 1 amide bonds. The normalized spacial score (nSPS) is 11.8. The third-order valence-electron chi connectivity index (χ3n) is 2.85. The summed E-state index contributed by atoms with van der Waals surface area (Å²) in [6, 6.07) is 6.05. The van der Waals surface area contributed by atoms with Gasteiger partial charge in [-0.05, 0) is 37.1 Å². The lowest BCUT2D eigenvalue weighted by molar-refractivity contribution is -0.146. The number of ether oxygens (including phenoxy) is 2. The van der Waals surface area contributed by atoms with Gasteiger partial charge in [-0.25, -0.2) is 4.79 Å². The molecule has 0 saturated heterocycles. The number of carbonyl (C=O) groups is 2. The van der Waals surface area contributed by atoms with Crippen LogP contribution in [0.15, 0.2) is 24.3 Å². The number of rotatable bonds is 6. The second-order valence-corrected chi connectivity index (χ2v) is 4.68. The van der Waals surface area contributed by atoms with Crippen LogP contribution in [-0.2, 0) is 9.53 Å². The Hall–Kier alpha value is -2.04. The van der Waals surface area contributed by atoms with Gasteiger partial charge in [0.2, 0.25) is 0 Å². The maximum atomic E-state index is 12.1. The smallest absolute Gasteiger partial charge is 0.328 e. The molecule has 1 rings (SSSR count). The highest BCUT2D eigenvalue weighted by Crippen LogP contribution is 2.12. The molecule has 0 aliphatic heterocycles. The molecule has 0 bridgehead atoms. The Balaban J connectivity index is 2.77. The first-order valence-corrected chi connectivity index (χ1v) is 6.61. The molecule has 0 spiro atoms. The maximum Gasteiger partial charge on any atom is 0.328 e. The van der Waals surface area contributed by atoms with Crippen molar-refractivity contribution in [2.24, 2.45) is 5.92 Å². The third kappa shape index (κ3) is 4.26. The van der Waals surface area contributed by atoms with Gasteiger partial charge in [0.05, 0.1) is 13.7 Å². The average Bonchev–Trinajstić information content (AvgIpc) is 2.44. The summed E-state index contributed by atoms with van der Waals surface area (Å²) in [7, 11) is 1.56. The van der Waals surface area contributed by atoms with Crippen LogP contribution in [0.4, 0.5) is 0 Å². The summed E-state index contributed by atoms with van der Waals surface area (Å²) in [6.07, 6.45) is 0.